The lowest BCUT2D eigenvalue weighted by Crippen LogP contribution is -2.42. The number of hydrogen-bond donors (Lipinski definition) is 1. The Morgan fingerprint density at radius 2 is 2.11 bits per heavy atom. The fourth-order valence-electron chi connectivity index (χ4n) is 3.02. The lowest BCUT2D eigenvalue weighted by Gasteiger charge is -2.35. The van der Waals surface area contributed by atoms with E-state index in [0.29, 0.717) is 6.04 Å². The molecule has 1 saturated carbocycles. The summed E-state index contributed by atoms with van der Waals surface area (Å²) in [5.41, 5.74) is 1.22. The third-order valence-corrected chi connectivity index (χ3v) is 4.10. The highest BCUT2D eigenvalue weighted by Crippen LogP contribution is 2.35. The molecule has 1 spiro atoms. The molecule has 0 radical (unpaired) electrons. The Hall–Kier alpha value is -0.910. The first-order valence-corrected chi connectivity index (χ1v) is 7.26. The topological polar surface area (TPSA) is 48.3 Å². The first-order chi connectivity index (χ1) is 9.26. The number of ether oxygens (including phenoxy) is 2. The van der Waals surface area contributed by atoms with Gasteiger partial charge in [0.15, 0.2) is 5.79 Å². The van der Waals surface area contributed by atoms with Gasteiger partial charge in [-0.3, -0.25) is 4.68 Å². The van der Waals surface area contributed by atoms with Gasteiger partial charge in [-0.2, -0.15) is 5.10 Å². The molecule has 1 aliphatic heterocycles. The molecule has 0 amide bonds. The predicted molar refractivity (Wildman–Crippen MR) is 71.9 cm³/mol. The van der Waals surface area contributed by atoms with E-state index in [-0.39, 0.29) is 5.79 Å². The quantitative estimate of drug-likeness (QED) is 0.895. The van der Waals surface area contributed by atoms with Crippen molar-refractivity contribution in [2.75, 3.05) is 19.8 Å². The van der Waals surface area contributed by atoms with Gasteiger partial charge in [0.2, 0.25) is 0 Å². The summed E-state index contributed by atoms with van der Waals surface area (Å²) >= 11 is 0. The van der Waals surface area contributed by atoms with Gasteiger partial charge in [0, 0.05) is 31.6 Å². The molecule has 2 heterocycles. The van der Waals surface area contributed by atoms with Gasteiger partial charge in [0.05, 0.1) is 26.0 Å². The Morgan fingerprint density at radius 1 is 1.37 bits per heavy atom. The fourth-order valence-corrected chi connectivity index (χ4v) is 3.02. The molecular weight excluding hydrogens is 242 g/mol. The minimum atomic E-state index is -0.239. The Labute approximate surface area is 114 Å². The van der Waals surface area contributed by atoms with Gasteiger partial charge in [-0.25, -0.2) is 0 Å². The third kappa shape index (κ3) is 3.16. The van der Waals surface area contributed by atoms with Gasteiger partial charge in [-0.05, 0) is 25.3 Å². The summed E-state index contributed by atoms with van der Waals surface area (Å²) < 4.78 is 13.5. The number of aryl methyl sites for hydroxylation is 1. The normalized spacial score (nSPS) is 23.2. The Kier molecular flexibility index (Phi) is 3.86. The molecule has 1 aliphatic carbocycles. The lowest BCUT2D eigenvalue weighted by molar-refractivity contribution is -0.179. The minimum Gasteiger partial charge on any atom is -0.348 e. The standard InChI is InChI=1S/C14H23N3O2/c1-12-10-16-17(11-12)7-6-15-13-2-4-14(5-3-13)18-8-9-19-14/h10-11,13,15H,2-9H2,1H3. The number of aromatic nitrogens is 2. The van der Waals surface area contributed by atoms with Gasteiger partial charge in [0.25, 0.3) is 0 Å². The molecule has 1 aromatic heterocycles. The molecule has 0 unspecified atom stereocenters. The van der Waals surface area contributed by atoms with Crippen molar-refractivity contribution in [3.8, 4) is 0 Å². The molecule has 5 heteroatoms. The minimum absolute atomic E-state index is 0.239. The van der Waals surface area contributed by atoms with E-state index in [1.807, 2.05) is 10.9 Å². The predicted octanol–water partition coefficient (Wildman–Crippen LogP) is 1.47. The second kappa shape index (κ2) is 5.61. The number of hydrogen-bond acceptors (Lipinski definition) is 4. The van der Waals surface area contributed by atoms with Crippen LogP contribution in [0.15, 0.2) is 12.4 Å². The van der Waals surface area contributed by atoms with Crippen LogP contribution in [0.3, 0.4) is 0 Å². The molecule has 0 aromatic carbocycles. The molecular formula is C14H23N3O2. The molecule has 1 aromatic rings. The SMILES string of the molecule is Cc1cnn(CCNC2CCC3(CC2)OCCO3)c1. The van der Waals surface area contributed by atoms with Gasteiger partial charge < -0.3 is 14.8 Å². The van der Waals surface area contributed by atoms with E-state index in [9.17, 15) is 0 Å². The van der Waals surface area contributed by atoms with Crippen LogP contribution in [0.5, 0.6) is 0 Å². The number of rotatable bonds is 4. The zero-order chi connectivity index (χ0) is 13.1. The van der Waals surface area contributed by atoms with E-state index in [1.54, 1.807) is 0 Å². The van der Waals surface area contributed by atoms with Crippen LogP contribution in [-0.2, 0) is 16.0 Å². The second-order valence-corrected chi connectivity index (χ2v) is 5.62. The van der Waals surface area contributed by atoms with Gasteiger partial charge >= 0.3 is 0 Å². The summed E-state index contributed by atoms with van der Waals surface area (Å²) in [6.45, 7) is 5.50. The van der Waals surface area contributed by atoms with Crippen molar-refractivity contribution >= 4 is 0 Å². The molecule has 106 valence electrons. The van der Waals surface area contributed by atoms with E-state index in [0.717, 1.165) is 52.0 Å². The van der Waals surface area contributed by atoms with Gasteiger partial charge in [-0.1, -0.05) is 0 Å². The number of nitrogens with one attached hydrogen (secondary N) is 1. The highest BCUT2D eigenvalue weighted by Gasteiger charge is 2.39. The van der Waals surface area contributed by atoms with Crippen molar-refractivity contribution in [3.05, 3.63) is 18.0 Å². The highest BCUT2D eigenvalue weighted by atomic mass is 16.7. The molecule has 2 fully saturated rings. The maximum Gasteiger partial charge on any atom is 0.168 e. The first kappa shape index (κ1) is 13.1. The van der Waals surface area contributed by atoms with Crippen molar-refractivity contribution in [3.63, 3.8) is 0 Å². The van der Waals surface area contributed by atoms with Crippen LogP contribution in [0.1, 0.15) is 31.2 Å². The van der Waals surface area contributed by atoms with E-state index < -0.39 is 0 Å². The van der Waals surface area contributed by atoms with Crippen LogP contribution < -0.4 is 5.32 Å². The van der Waals surface area contributed by atoms with Crippen LogP contribution >= 0.6 is 0 Å². The molecule has 0 bridgehead atoms. The van der Waals surface area contributed by atoms with E-state index in [2.05, 4.69) is 23.5 Å². The van der Waals surface area contributed by atoms with Gasteiger partial charge in [0.1, 0.15) is 0 Å². The highest BCUT2D eigenvalue weighted by molar-refractivity contribution is 4.99. The summed E-state index contributed by atoms with van der Waals surface area (Å²) in [6, 6.07) is 0.593. The smallest absolute Gasteiger partial charge is 0.168 e. The Morgan fingerprint density at radius 3 is 2.74 bits per heavy atom. The maximum absolute atomic E-state index is 5.74. The van der Waals surface area contributed by atoms with Crippen LogP contribution in [0.2, 0.25) is 0 Å². The summed E-state index contributed by atoms with van der Waals surface area (Å²) in [7, 11) is 0. The summed E-state index contributed by atoms with van der Waals surface area (Å²) in [5, 5.41) is 7.91. The molecule has 5 nitrogen and oxygen atoms in total. The van der Waals surface area contributed by atoms with Crippen molar-refractivity contribution in [1.82, 2.24) is 15.1 Å². The largest absolute Gasteiger partial charge is 0.348 e. The average molecular weight is 265 g/mol. The monoisotopic (exact) mass is 265 g/mol. The van der Waals surface area contributed by atoms with Crippen molar-refractivity contribution in [1.29, 1.82) is 0 Å². The van der Waals surface area contributed by atoms with Crippen LogP contribution in [0, 0.1) is 6.92 Å². The molecule has 1 saturated heterocycles. The molecule has 3 rings (SSSR count). The van der Waals surface area contributed by atoms with Gasteiger partial charge in [-0.15, -0.1) is 0 Å². The molecule has 1 N–H and O–H groups in total. The van der Waals surface area contributed by atoms with E-state index >= 15 is 0 Å². The fraction of sp³-hybridized carbons (Fsp3) is 0.786. The zero-order valence-electron chi connectivity index (χ0n) is 11.6. The summed E-state index contributed by atoms with van der Waals surface area (Å²) in [6.07, 6.45) is 8.30. The van der Waals surface area contributed by atoms with Crippen LogP contribution in [-0.4, -0.2) is 41.4 Å². The van der Waals surface area contributed by atoms with Crippen molar-refractivity contribution in [2.24, 2.45) is 0 Å². The summed E-state index contributed by atoms with van der Waals surface area (Å²) in [4.78, 5) is 0. The van der Waals surface area contributed by atoms with Crippen molar-refractivity contribution in [2.45, 2.75) is 51.0 Å². The maximum atomic E-state index is 5.74. The second-order valence-electron chi connectivity index (χ2n) is 5.62. The summed E-state index contributed by atoms with van der Waals surface area (Å²) in [5.74, 6) is -0.239. The molecule has 19 heavy (non-hydrogen) atoms. The third-order valence-electron chi connectivity index (χ3n) is 4.10. The number of nitrogens with zero attached hydrogens (tertiary/aromatic N) is 2. The van der Waals surface area contributed by atoms with Crippen LogP contribution in [0.25, 0.3) is 0 Å². The lowest BCUT2D eigenvalue weighted by atomic mass is 9.90. The molecule has 2 aliphatic rings. The Bertz CT molecular complexity index is 403. The van der Waals surface area contributed by atoms with Crippen LogP contribution in [0.4, 0.5) is 0 Å². The first-order valence-electron chi connectivity index (χ1n) is 7.26. The Balaban J connectivity index is 1.38. The van der Waals surface area contributed by atoms with E-state index in [4.69, 9.17) is 9.47 Å². The van der Waals surface area contributed by atoms with Crippen molar-refractivity contribution < 1.29 is 9.47 Å². The van der Waals surface area contributed by atoms with E-state index in [1.165, 1.54) is 5.56 Å². The molecule has 0 atom stereocenters. The zero-order valence-corrected chi connectivity index (χ0v) is 11.6. The average Bonchev–Trinajstić information content (AvgIpc) is 3.02.